The smallest absolute Gasteiger partial charge is 0.243 e. The molecular weight excluding hydrogens is 532 g/mol. The average molecular weight is 571 g/mol. The molecule has 0 radical (unpaired) electrons. The van der Waals surface area contributed by atoms with Crippen LogP contribution >= 0.6 is 0 Å². The highest BCUT2D eigenvalue weighted by Gasteiger charge is 2.44. The van der Waals surface area contributed by atoms with Crippen LogP contribution in [0, 0.1) is 0 Å². The molecule has 2 aromatic heterocycles. The highest BCUT2D eigenvalue weighted by Crippen LogP contribution is 2.24. The van der Waals surface area contributed by atoms with Gasteiger partial charge in [0.2, 0.25) is 17.7 Å². The molecule has 2 aliphatic heterocycles. The molecule has 2 aromatic rings. The summed E-state index contributed by atoms with van der Waals surface area (Å²) in [5, 5.41) is 38.2. The van der Waals surface area contributed by atoms with Gasteiger partial charge in [0.25, 0.3) is 0 Å². The molecule has 3 amide bonds. The fourth-order valence-corrected chi connectivity index (χ4v) is 5.63. The van der Waals surface area contributed by atoms with Gasteiger partial charge in [0, 0.05) is 50.7 Å². The third kappa shape index (κ3) is 7.64. The van der Waals surface area contributed by atoms with E-state index >= 15 is 0 Å². The van der Waals surface area contributed by atoms with Crippen LogP contribution in [-0.4, -0.2) is 115 Å². The van der Waals surface area contributed by atoms with Gasteiger partial charge in [-0.1, -0.05) is 24.1 Å². The van der Waals surface area contributed by atoms with Crippen LogP contribution < -0.4 is 16.0 Å². The molecule has 1 saturated carbocycles. The van der Waals surface area contributed by atoms with Crippen LogP contribution in [0.1, 0.15) is 43.4 Å². The summed E-state index contributed by atoms with van der Waals surface area (Å²) in [5.74, 6) is -1.37. The number of fused-ring (bicyclic) bond motifs is 2. The molecule has 0 unspecified atom stereocenters. The van der Waals surface area contributed by atoms with Gasteiger partial charge in [0.1, 0.15) is 24.4 Å². The lowest BCUT2D eigenvalue weighted by Crippen LogP contribution is -2.53. The van der Waals surface area contributed by atoms with Crippen molar-refractivity contribution in [2.45, 2.75) is 81.6 Å². The van der Waals surface area contributed by atoms with Crippen molar-refractivity contribution in [1.82, 2.24) is 40.8 Å². The predicted molar refractivity (Wildman–Crippen MR) is 144 cm³/mol. The second-order valence-corrected chi connectivity index (χ2v) is 11.0. The Morgan fingerprint density at radius 2 is 1.93 bits per heavy atom. The van der Waals surface area contributed by atoms with Gasteiger partial charge >= 0.3 is 0 Å². The zero-order valence-electron chi connectivity index (χ0n) is 22.9. The Kier molecular flexibility index (Phi) is 9.54. The molecule has 3 aliphatic rings. The topological polar surface area (TPSA) is 184 Å². The van der Waals surface area contributed by atoms with Gasteiger partial charge in [-0.3, -0.25) is 19.4 Å². The third-order valence-corrected chi connectivity index (χ3v) is 7.89. The van der Waals surface area contributed by atoms with Crippen molar-refractivity contribution in [2.75, 3.05) is 26.2 Å². The first-order chi connectivity index (χ1) is 19.9. The predicted octanol–water partition coefficient (Wildman–Crippen LogP) is -1.88. The Labute approximate surface area is 237 Å². The number of amides is 3. The SMILES string of the molecule is O=C1CN(CCNC2CCCC2)C(=O)C[C@@H]2O[C@H](CNC(=O)[C@@H](Cc3cn(Cc4cccnc4)nn3)N1)[C@@H](O)[C@H]2O. The summed E-state index contributed by atoms with van der Waals surface area (Å²) in [6.07, 6.45) is 5.07. The monoisotopic (exact) mass is 570 g/mol. The lowest BCUT2D eigenvalue weighted by molar-refractivity contribution is -0.139. The number of hydrogen-bond donors (Lipinski definition) is 5. The summed E-state index contributed by atoms with van der Waals surface area (Å²) in [4.78, 5) is 45.1. The van der Waals surface area contributed by atoms with Gasteiger partial charge in [-0.15, -0.1) is 5.10 Å². The minimum absolute atomic E-state index is 0.0567. The molecule has 0 spiro atoms. The summed E-state index contributed by atoms with van der Waals surface area (Å²) < 4.78 is 7.40. The summed E-state index contributed by atoms with van der Waals surface area (Å²) >= 11 is 0. The summed E-state index contributed by atoms with van der Waals surface area (Å²) in [7, 11) is 0. The Balaban J connectivity index is 1.29. The molecule has 5 rings (SSSR count). The quantitative estimate of drug-likeness (QED) is 0.241. The van der Waals surface area contributed by atoms with E-state index in [2.05, 4.69) is 31.2 Å². The first-order valence-electron chi connectivity index (χ1n) is 14.2. The van der Waals surface area contributed by atoms with E-state index < -0.39 is 42.3 Å². The number of rotatable bonds is 8. The van der Waals surface area contributed by atoms with E-state index in [1.54, 1.807) is 23.3 Å². The van der Waals surface area contributed by atoms with Gasteiger partial charge in [-0.05, 0) is 24.5 Å². The molecule has 5 N–H and O–H groups in total. The van der Waals surface area contributed by atoms with Crippen LogP contribution in [0.3, 0.4) is 0 Å². The molecule has 5 atom stereocenters. The summed E-state index contributed by atoms with van der Waals surface area (Å²) in [6.45, 7) is 0.856. The number of aliphatic hydroxyl groups excluding tert-OH is 2. The molecule has 2 saturated heterocycles. The standard InChI is InChI=1S/C27H38N8O6/c36-23-16-34(9-8-29-18-5-1-2-6-18)24(37)11-21-25(38)26(39)22(41-21)13-30-27(40)20(31-23)10-19-15-35(33-32-19)14-17-4-3-7-28-12-17/h3-4,7,12,15,18,20-22,25-26,29,38-39H,1-2,5-6,8-11,13-14,16H2,(H,30,40)(H,31,36)/t20-,21+,22-,25+,26-/m1/s1. The first-order valence-corrected chi connectivity index (χ1v) is 14.2. The highest BCUT2D eigenvalue weighted by molar-refractivity contribution is 5.90. The molecular formula is C27H38N8O6. The molecule has 41 heavy (non-hydrogen) atoms. The van der Waals surface area contributed by atoms with Crippen LogP contribution in [0.25, 0.3) is 0 Å². The number of carbonyl (C=O) groups excluding carboxylic acids is 3. The van der Waals surface area contributed by atoms with Crippen molar-refractivity contribution >= 4 is 17.7 Å². The lowest BCUT2D eigenvalue weighted by atomic mass is 10.0. The Bertz CT molecular complexity index is 1190. The second kappa shape index (κ2) is 13.5. The highest BCUT2D eigenvalue weighted by atomic mass is 16.5. The van der Waals surface area contributed by atoms with Crippen molar-refractivity contribution in [3.05, 3.63) is 42.0 Å². The van der Waals surface area contributed by atoms with Gasteiger partial charge in [0.15, 0.2) is 0 Å². The number of nitrogens with zero attached hydrogens (tertiary/aromatic N) is 5. The van der Waals surface area contributed by atoms with Crippen molar-refractivity contribution in [1.29, 1.82) is 0 Å². The number of carbonyl (C=O) groups is 3. The largest absolute Gasteiger partial charge is 0.388 e. The first kappa shape index (κ1) is 29.0. The number of pyridine rings is 1. The van der Waals surface area contributed by atoms with E-state index in [-0.39, 0.29) is 38.4 Å². The molecule has 14 heteroatoms. The van der Waals surface area contributed by atoms with E-state index in [0.29, 0.717) is 24.8 Å². The van der Waals surface area contributed by atoms with Crippen molar-refractivity contribution < 1.29 is 29.3 Å². The maximum absolute atomic E-state index is 13.3. The average Bonchev–Trinajstić information content (AvgIpc) is 3.70. The fraction of sp³-hybridized carbons (Fsp3) is 0.630. The van der Waals surface area contributed by atoms with Gasteiger partial charge in [-0.25, -0.2) is 4.68 Å². The number of hydrogen-bond acceptors (Lipinski definition) is 10. The Hall–Kier alpha value is -3.46. The fourth-order valence-electron chi connectivity index (χ4n) is 5.63. The number of ether oxygens (including phenoxy) is 1. The van der Waals surface area contributed by atoms with Gasteiger partial charge in [0.05, 0.1) is 31.3 Å². The minimum Gasteiger partial charge on any atom is -0.388 e. The van der Waals surface area contributed by atoms with Crippen molar-refractivity contribution in [3.8, 4) is 0 Å². The Morgan fingerprint density at radius 3 is 2.71 bits per heavy atom. The van der Waals surface area contributed by atoms with E-state index in [1.807, 2.05) is 12.1 Å². The van der Waals surface area contributed by atoms with Crippen LogP contribution in [0.5, 0.6) is 0 Å². The molecule has 1 aliphatic carbocycles. The molecule has 14 nitrogen and oxygen atoms in total. The van der Waals surface area contributed by atoms with Crippen molar-refractivity contribution in [2.24, 2.45) is 0 Å². The molecule has 222 valence electrons. The molecule has 2 bridgehead atoms. The second-order valence-electron chi connectivity index (χ2n) is 11.0. The van der Waals surface area contributed by atoms with Crippen LogP contribution in [0.2, 0.25) is 0 Å². The maximum Gasteiger partial charge on any atom is 0.243 e. The minimum atomic E-state index is -1.29. The Morgan fingerprint density at radius 1 is 1.12 bits per heavy atom. The summed E-state index contributed by atoms with van der Waals surface area (Å²) in [5.41, 5.74) is 1.42. The normalized spacial score (nSPS) is 28.1. The lowest BCUT2D eigenvalue weighted by Gasteiger charge is -2.26. The van der Waals surface area contributed by atoms with Crippen LogP contribution in [0.4, 0.5) is 0 Å². The zero-order valence-corrected chi connectivity index (χ0v) is 22.9. The van der Waals surface area contributed by atoms with Crippen molar-refractivity contribution in [3.63, 3.8) is 0 Å². The molecule has 4 heterocycles. The van der Waals surface area contributed by atoms with E-state index in [1.165, 1.54) is 17.7 Å². The van der Waals surface area contributed by atoms with E-state index in [4.69, 9.17) is 4.74 Å². The summed E-state index contributed by atoms with van der Waals surface area (Å²) in [6, 6.07) is 3.12. The number of aliphatic hydroxyl groups is 2. The van der Waals surface area contributed by atoms with Gasteiger partial charge < -0.3 is 35.8 Å². The van der Waals surface area contributed by atoms with Crippen LogP contribution in [0.15, 0.2) is 30.7 Å². The number of aromatic nitrogens is 4. The van der Waals surface area contributed by atoms with Crippen LogP contribution in [-0.2, 0) is 32.1 Å². The maximum atomic E-state index is 13.3. The number of nitrogens with one attached hydrogen (secondary N) is 3. The van der Waals surface area contributed by atoms with Gasteiger partial charge in [-0.2, -0.15) is 0 Å². The molecule has 3 fully saturated rings. The third-order valence-electron chi connectivity index (χ3n) is 7.89. The van der Waals surface area contributed by atoms with E-state index in [9.17, 15) is 24.6 Å². The zero-order chi connectivity index (χ0) is 28.8. The van der Waals surface area contributed by atoms with E-state index in [0.717, 1.165) is 18.4 Å². The molecule has 0 aromatic carbocycles.